The third-order valence-electron chi connectivity index (χ3n) is 4.10. The first kappa shape index (κ1) is 16.3. The number of aromatic nitrogens is 2. The second-order valence-electron chi connectivity index (χ2n) is 5.44. The Morgan fingerprint density at radius 3 is 2.33 bits per heavy atom. The van der Waals surface area contributed by atoms with E-state index in [1.165, 1.54) is 0 Å². The summed E-state index contributed by atoms with van der Waals surface area (Å²) in [5, 5.41) is 0.504. The van der Waals surface area contributed by atoms with Crippen LogP contribution < -0.4 is 15.0 Å². The van der Waals surface area contributed by atoms with Crippen LogP contribution in [0.25, 0.3) is 10.9 Å². The van der Waals surface area contributed by atoms with E-state index in [4.69, 9.17) is 21.7 Å². The van der Waals surface area contributed by atoms with Crippen LogP contribution in [-0.2, 0) is 0 Å². The molecule has 2 aromatic carbocycles. The SMILES string of the molecule is COc1cc2[nH]c(=S)n(C(C)c3ccccc3)c(=O)c2cc1OC. The molecule has 0 spiro atoms. The Morgan fingerprint density at radius 1 is 1.08 bits per heavy atom. The third-order valence-corrected chi connectivity index (χ3v) is 4.40. The van der Waals surface area contributed by atoms with Gasteiger partial charge in [0.1, 0.15) is 0 Å². The number of benzene rings is 2. The zero-order valence-electron chi connectivity index (χ0n) is 13.7. The first-order valence-electron chi connectivity index (χ1n) is 7.52. The van der Waals surface area contributed by atoms with Crippen LogP contribution in [0.15, 0.2) is 47.3 Å². The first-order chi connectivity index (χ1) is 11.6. The van der Waals surface area contributed by atoms with Crippen molar-refractivity contribution in [2.24, 2.45) is 0 Å². The number of aromatic amines is 1. The van der Waals surface area contributed by atoms with Crippen LogP contribution in [0.5, 0.6) is 11.5 Å². The molecule has 3 rings (SSSR count). The minimum absolute atomic E-state index is 0.161. The molecule has 0 aliphatic rings. The highest BCUT2D eigenvalue weighted by Gasteiger charge is 2.16. The molecule has 0 aliphatic heterocycles. The highest BCUT2D eigenvalue weighted by molar-refractivity contribution is 7.71. The predicted molar refractivity (Wildman–Crippen MR) is 96.8 cm³/mol. The van der Waals surface area contributed by atoms with Gasteiger partial charge in [-0.05, 0) is 30.8 Å². The fourth-order valence-corrected chi connectivity index (χ4v) is 3.14. The van der Waals surface area contributed by atoms with Crippen molar-refractivity contribution in [3.8, 4) is 11.5 Å². The molecule has 0 radical (unpaired) electrons. The molecule has 0 fully saturated rings. The zero-order chi connectivity index (χ0) is 17.3. The summed E-state index contributed by atoms with van der Waals surface area (Å²) in [5.41, 5.74) is 1.48. The Morgan fingerprint density at radius 2 is 1.71 bits per heavy atom. The van der Waals surface area contributed by atoms with Gasteiger partial charge >= 0.3 is 0 Å². The van der Waals surface area contributed by atoms with Crippen LogP contribution in [0.1, 0.15) is 18.5 Å². The van der Waals surface area contributed by atoms with Crippen LogP contribution in [0.4, 0.5) is 0 Å². The van der Waals surface area contributed by atoms with Crippen LogP contribution in [0.2, 0.25) is 0 Å². The van der Waals surface area contributed by atoms with E-state index in [1.54, 1.807) is 30.9 Å². The molecule has 0 amide bonds. The maximum Gasteiger partial charge on any atom is 0.262 e. The molecule has 5 nitrogen and oxygen atoms in total. The Labute approximate surface area is 144 Å². The maximum atomic E-state index is 13.0. The Balaban J connectivity index is 2.27. The van der Waals surface area contributed by atoms with Crippen molar-refractivity contribution >= 4 is 23.1 Å². The average Bonchev–Trinajstić information content (AvgIpc) is 2.61. The van der Waals surface area contributed by atoms with E-state index in [2.05, 4.69) is 4.98 Å². The molecule has 1 unspecified atom stereocenters. The van der Waals surface area contributed by atoms with Gasteiger partial charge in [0.15, 0.2) is 16.3 Å². The van der Waals surface area contributed by atoms with Crippen molar-refractivity contribution in [2.75, 3.05) is 14.2 Å². The van der Waals surface area contributed by atoms with Gasteiger partial charge in [-0.25, -0.2) is 0 Å². The number of hydrogen-bond acceptors (Lipinski definition) is 4. The molecule has 24 heavy (non-hydrogen) atoms. The molecule has 1 N–H and O–H groups in total. The third kappa shape index (κ3) is 2.69. The maximum absolute atomic E-state index is 13.0. The van der Waals surface area contributed by atoms with Crippen LogP contribution in [0.3, 0.4) is 0 Å². The fraction of sp³-hybridized carbons (Fsp3) is 0.222. The number of nitrogens with zero attached hydrogens (tertiary/aromatic N) is 1. The molecule has 0 saturated heterocycles. The molecular formula is C18H18N2O3S. The molecule has 1 aromatic heterocycles. The van der Waals surface area contributed by atoms with E-state index in [0.717, 1.165) is 5.56 Å². The number of fused-ring (bicyclic) bond motifs is 1. The van der Waals surface area contributed by atoms with Gasteiger partial charge in [0.2, 0.25) is 0 Å². The summed E-state index contributed by atoms with van der Waals surface area (Å²) >= 11 is 5.42. The molecule has 0 saturated carbocycles. The van der Waals surface area contributed by atoms with Gasteiger partial charge in [-0.15, -0.1) is 0 Å². The minimum Gasteiger partial charge on any atom is -0.493 e. The summed E-state index contributed by atoms with van der Waals surface area (Å²) in [4.78, 5) is 16.1. The number of H-pyrrole nitrogens is 1. The smallest absolute Gasteiger partial charge is 0.262 e. The van der Waals surface area contributed by atoms with Crippen LogP contribution in [0, 0.1) is 4.77 Å². The van der Waals surface area contributed by atoms with Crippen molar-refractivity contribution < 1.29 is 9.47 Å². The van der Waals surface area contributed by atoms with E-state index in [1.807, 2.05) is 37.3 Å². The monoisotopic (exact) mass is 342 g/mol. The molecule has 0 bridgehead atoms. The van der Waals surface area contributed by atoms with E-state index in [0.29, 0.717) is 27.2 Å². The highest BCUT2D eigenvalue weighted by atomic mass is 32.1. The van der Waals surface area contributed by atoms with Gasteiger partial charge in [0.05, 0.1) is 31.2 Å². The highest BCUT2D eigenvalue weighted by Crippen LogP contribution is 2.30. The van der Waals surface area contributed by atoms with Gasteiger partial charge in [-0.1, -0.05) is 30.3 Å². The average molecular weight is 342 g/mol. The summed E-state index contributed by atoms with van der Waals surface area (Å²) in [6.07, 6.45) is 0. The molecular weight excluding hydrogens is 324 g/mol. The standard InChI is InChI=1S/C18H18N2O3S/c1-11(12-7-5-4-6-8-12)20-17(21)13-9-15(22-2)16(23-3)10-14(13)19-18(20)24/h4-11H,1-3H3,(H,19,24). The molecule has 124 valence electrons. The van der Waals surface area contributed by atoms with Crippen LogP contribution >= 0.6 is 12.2 Å². The normalized spacial score (nSPS) is 12.1. The van der Waals surface area contributed by atoms with Gasteiger partial charge in [0, 0.05) is 6.07 Å². The Hall–Kier alpha value is -2.60. The van der Waals surface area contributed by atoms with E-state index in [-0.39, 0.29) is 11.6 Å². The van der Waals surface area contributed by atoms with E-state index < -0.39 is 0 Å². The first-order valence-corrected chi connectivity index (χ1v) is 7.93. The van der Waals surface area contributed by atoms with Crippen molar-refractivity contribution in [3.05, 3.63) is 63.2 Å². The van der Waals surface area contributed by atoms with Gasteiger partial charge in [0.25, 0.3) is 5.56 Å². The van der Waals surface area contributed by atoms with Crippen molar-refractivity contribution in [1.29, 1.82) is 0 Å². The Bertz CT molecular complexity index is 993. The molecule has 1 heterocycles. The quantitative estimate of drug-likeness (QED) is 0.735. The van der Waals surface area contributed by atoms with Gasteiger partial charge < -0.3 is 14.5 Å². The lowest BCUT2D eigenvalue weighted by molar-refractivity contribution is 0.355. The fourth-order valence-electron chi connectivity index (χ4n) is 2.79. The number of hydrogen-bond donors (Lipinski definition) is 1. The second kappa shape index (κ2) is 6.49. The van der Waals surface area contributed by atoms with Gasteiger partial charge in [-0.3, -0.25) is 9.36 Å². The lowest BCUT2D eigenvalue weighted by atomic mass is 10.1. The molecule has 1 atom stereocenters. The molecule has 0 aliphatic carbocycles. The lowest BCUT2D eigenvalue weighted by Gasteiger charge is -2.17. The van der Waals surface area contributed by atoms with Crippen molar-refractivity contribution in [1.82, 2.24) is 9.55 Å². The van der Waals surface area contributed by atoms with Crippen molar-refractivity contribution in [3.63, 3.8) is 0 Å². The second-order valence-corrected chi connectivity index (χ2v) is 5.83. The van der Waals surface area contributed by atoms with E-state index >= 15 is 0 Å². The topological polar surface area (TPSA) is 56.2 Å². The number of ether oxygens (including phenoxy) is 2. The summed E-state index contributed by atoms with van der Waals surface area (Å²) in [6, 6.07) is 13.0. The number of nitrogens with one attached hydrogen (secondary N) is 1. The zero-order valence-corrected chi connectivity index (χ0v) is 14.5. The lowest BCUT2D eigenvalue weighted by Crippen LogP contribution is -2.26. The largest absolute Gasteiger partial charge is 0.493 e. The number of rotatable bonds is 4. The van der Waals surface area contributed by atoms with Crippen molar-refractivity contribution in [2.45, 2.75) is 13.0 Å². The molecule has 3 aromatic rings. The van der Waals surface area contributed by atoms with Crippen LogP contribution in [-0.4, -0.2) is 23.8 Å². The number of methoxy groups -OCH3 is 2. The summed E-state index contributed by atoms with van der Waals surface area (Å²) in [7, 11) is 3.09. The summed E-state index contributed by atoms with van der Waals surface area (Å²) < 4.78 is 12.5. The van der Waals surface area contributed by atoms with E-state index in [9.17, 15) is 4.79 Å². The minimum atomic E-state index is -0.181. The Kier molecular flexibility index (Phi) is 4.40. The van der Waals surface area contributed by atoms with Gasteiger partial charge in [-0.2, -0.15) is 0 Å². The predicted octanol–water partition coefficient (Wildman–Crippen LogP) is 3.69. The summed E-state index contributed by atoms with van der Waals surface area (Å²) in [5.74, 6) is 1.05. The summed E-state index contributed by atoms with van der Waals surface area (Å²) in [6.45, 7) is 1.95. The molecule has 6 heteroatoms.